The quantitative estimate of drug-likeness (QED) is 0.559. The van der Waals surface area contributed by atoms with Crippen LogP contribution < -0.4 is 5.32 Å². The number of rotatable bonds is 8. The molecule has 0 radical (unpaired) electrons. The summed E-state index contributed by atoms with van der Waals surface area (Å²) in [6.45, 7) is 3.28. The van der Waals surface area contributed by atoms with Crippen molar-refractivity contribution in [3.8, 4) is 0 Å². The van der Waals surface area contributed by atoms with Crippen LogP contribution in [0.5, 0.6) is 0 Å². The molecule has 1 heterocycles. The molecule has 0 aliphatic heterocycles. The Hall–Kier alpha value is -0.540. The van der Waals surface area contributed by atoms with Gasteiger partial charge >= 0.3 is 0 Å². The van der Waals surface area contributed by atoms with Gasteiger partial charge in [-0.05, 0) is 37.6 Å². The molecule has 4 heteroatoms. The molecule has 1 aromatic heterocycles. The van der Waals surface area contributed by atoms with Crippen molar-refractivity contribution in [1.82, 2.24) is 14.9 Å². The molecule has 90 valence electrons. The van der Waals surface area contributed by atoms with Gasteiger partial charge in [0.2, 0.25) is 0 Å². The Balaban J connectivity index is 1.52. The lowest BCUT2D eigenvalue weighted by Gasteiger charge is -2.14. The van der Waals surface area contributed by atoms with Crippen LogP contribution in [0.1, 0.15) is 25.7 Å². The summed E-state index contributed by atoms with van der Waals surface area (Å²) in [7, 11) is 0. The van der Waals surface area contributed by atoms with Gasteiger partial charge in [-0.2, -0.15) is 0 Å². The minimum atomic E-state index is 0.552. The number of nitrogens with zero attached hydrogens (tertiary/aromatic N) is 2. The minimum Gasteiger partial charge on any atom is -0.337 e. The average Bonchev–Trinajstić information content (AvgIpc) is 2.85. The van der Waals surface area contributed by atoms with Crippen molar-refractivity contribution in [2.45, 2.75) is 32.2 Å². The molecule has 1 fully saturated rings. The highest BCUT2D eigenvalue weighted by molar-refractivity contribution is 6.17. The Morgan fingerprint density at radius 1 is 1.44 bits per heavy atom. The summed E-state index contributed by atoms with van der Waals surface area (Å²) in [5.74, 6) is 0.802. The maximum absolute atomic E-state index is 5.80. The fourth-order valence-corrected chi connectivity index (χ4v) is 2.45. The largest absolute Gasteiger partial charge is 0.337 e. The molecule has 2 rings (SSSR count). The second-order valence-corrected chi connectivity index (χ2v) is 5.15. The monoisotopic (exact) mass is 241 g/mol. The molecule has 0 atom stereocenters. The summed E-state index contributed by atoms with van der Waals surface area (Å²) < 4.78 is 2.12. The molecule has 0 saturated heterocycles. The second kappa shape index (κ2) is 5.69. The summed E-state index contributed by atoms with van der Waals surface area (Å²) in [5, 5.41) is 3.54. The molecule has 0 spiro atoms. The number of aromatic nitrogens is 2. The predicted molar refractivity (Wildman–Crippen MR) is 66.7 cm³/mol. The van der Waals surface area contributed by atoms with Gasteiger partial charge in [-0.1, -0.05) is 0 Å². The van der Waals surface area contributed by atoms with Gasteiger partial charge in [0.25, 0.3) is 0 Å². The molecule has 1 saturated carbocycles. The topological polar surface area (TPSA) is 29.9 Å². The first-order chi connectivity index (χ1) is 7.85. The Bertz CT molecular complexity index is 293. The lowest BCUT2D eigenvalue weighted by atomic mass is 10.0. The summed E-state index contributed by atoms with van der Waals surface area (Å²) >= 11 is 5.80. The molecule has 0 unspecified atom stereocenters. The standard InChI is InChI=1S/C12H20ClN3/c13-5-4-12(2-3-12)10-14-6-1-8-16-9-7-15-11-16/h7,9,11,14H,1-6,8,10H2. The van der Waals surface area contributed by atoms with Gasteiger partial charge in [0, 0.05) is 31.4 Å². The van der Waals surface area contributed by atoms with Crippen molar-refractivity contribution < 1.29 is 0 Å². The summed E-state index contributed by atoms with van der Waals surface area (Å²) in [5.41, 5.74) is 0.552. The van der Waals surface area contributed by atoms with Crippen LogP contribution in [0.15, 0.2) is 18.7 Å². The third-order valence-electron chi connectivity index (χ3n) is 3.41. The van der Waals surface area contributed by atoms with Crippen LogP contribution >= 0.6 is 11.6 Å². The Morgan fingerprint density at radius 3 is 2.94 bits per heavy atom. The van der Waals surface area contributed by atoms with Gasteiger partial charge in [-0.15, -0.1) is 11.6 Å². The fourth-order valence-electron chi connectivity index (χ4n) is 2.05. The predicted octanol–water partition coefficient (Wildman–Crippen LogP) is 2.27. The molecule has 0 aromatic carbocycles. The zero-order valence-electron chi connectivity index (χ0n) is 9.66. The zero-order valence-corrected chi connectivity index (χ0v) is 10.4. The lowest BCUT2D eigenvalue weighted by Crippen LogP contribution is -2.25. The number of alkyl halides is 1. The first kappa shape index (κ1) is 11.9. The normalized spacial score (nSPS) is 17.6. The SMILES string of the molecule is ClCCC1(CNCCCn2ccnc2)CC1. The van der Waals surface area contributed by atoms with Crippen LogP contribution in [0, 0.1) is 5.41 Å². The molecule has 1 aromatic rings. The van der Waals surface area contributed by atoms with Crippen LogP contribution in [0.4, 0.5) is 0 Å². The van der Waals surface area contributed by atoms with Crippen LogP contribution in [0.3, 0.4) is 0 Å². The highest BCUT2D eigenvalue weighted by Gasteiger charge is 2.40. The van der Waals surface area contributed by atoms with E-state index in [1.54, 1.807) is 0 Å². The average molecular weight is 242 g/mol. The van der Waals surface area contributed by atoms with Crippen molar-refractivity contribution >= 4 is 11.6 Å². The molecule has 1 N–H and O–H groups in total. The number of imidazole rings is 1. The van der Waals surface area contributed by atoms with E-state index in [0.29, 0.717) is 5.41 Å². The maximum atomic E-state index is 5.80. The molecule has 3 nitrogen and oxygen atoms in total. The van der Waals surface area contributed by atoms with E-state index < -0.39 is 0 Å². The number of hydrogen-bond acceptors (Lipinski definition) is 2. The summed E-state index contributed by atoms with van der Waals surface area (Å²) in [4.78, 5) is 4.02. The smallest absolute Gasteiger partial charge is 0.0945 e. The van der Waals surface area contributed by atoms with E-state index in [-0.39, 0.29) is 0 Å². The number of nitrogens with one attached hydrogen (secondary N) is 1. The highest BCUT2D eigenvalue weighted by Crippen LogP contribution is 2.48. The van der Waals surface area contributed by atoms with Crippen LogP contribution in [0.25, 0.3) is 0 Å². The second-order valence-electron chi connectivity index (χ2n) is 4.77. The van der Waals surface area contributed by atoms with E-state index in [4.69, 9.17) is 11.6 Å². The number of hydrogen-bond donors (Lipinski definition) is 1. The summed E-state index contributed by atoms with van der Waals surface area (Å²) in [6, 6.07) is 0. The van der Waals surface area contributed by atoms with Gasteiger partial charge in [0.1, 0.15) is 0 Å². The number of halogens is 1. The van der Waals surface area contributed by atoms with Gasteiger partial charge < -0.3 is 9.88 Å². The molecule has 1 aliphatic rings. The first-order valence-electron chi connectivity index (χ1n) is 6.07. The lowest BCUT2D eigenvalue weighted by molar-refractivity contribution is 0.438. The van der Waals surface area contributed by atoms with Crippen LogP contribution in [0.2, 0.25) is 0 Å². The highest BCUT2D eigenvalue weighted by atomic mass is 35.5. The fraction of sp³-hybridized carbons (Fsp3) is 0.750. The van der Waals surface area contributed by atoms with Crippen LogP contribution in [-0.2, 0) is 6.54 Å². The molecule has 0 amide bonds. The zero-order chi connectivity index (χ0) is 11.3. The van der Waals surface area contributed by atoms with Crippen molar-refractivity contribution in [2.24, 2.45) is 5.41 Å². The molecule has 1 aliphatic carbocycles. The third kappa shape index (κ3) is 3.49. The Morgan fingerprint density at radius 2 is 2.31 bits per heavy atom. The molecular weight excluding hydrogens is 222 g/mol. The van der Waals surface area contributed by atoms with Crippen molar-refractivity contribution in [3.05, 3.63) is 18.7 Å². The Kier molecular flexibility index (Phi) is 4.24. The number of aryl methyl sites for hydroxylation is 1. The van der Waals surface area contributed by atoms with Gasteiger partial charge in [-0.3, -0.25) is 0 Å². The Labute approximate surface area is 102 Å². The molecular formula is C12H20ClN3. The van der Waals surface area contributed by atoms with E-state index in [2.05, 4.69) is 14.9 Å². The minimum absolute atomic E-state index is 0.552. The van der Waals surface area contributed by atoms with E-state index in [1.807, 2.05) is 18.7 Å². The molecule has 16 heavy (non-hydrogen) atoms. The van der Waals surface area contributed by atoms with Crippen LogP contribution in [-0.4, -0.2) is 28.5 Å². The van der Waals surface area contributed by atoms with E-state index in [1.165, 1.54) is 19.3 Å². The van der Waals surface area contributed by atoms with Gasteiger partial charge in [0.05, 0.1) is 6.33 Å². The first-order valence-corrected chi connectivity index (χ1v) is 6.61. The van der Waals surface area contributed by atoms with Crippen molar-refractivity contribution in [1.29, 1.82) is 0 Å². The van der Waals surface area contributed by atoms with E-state index in [0.717, 1.165) is 31.9 Å². The van der Waals surface area contributed by atoms with Gasteiger partial charge in [0.15, 0.2) is 0 Å². The van der Waals surface area contributed by atoms with E-state index in [9.17, 15) is 0 Å². The van der Waals surface area contributed by atoms with Crippen molar-refractivity contribution in [2.75, 3.05) is 19.0 Å². The van der Waals surface area contributed by atoms with Crippen molar-refractivity contribution in [3.63, 3.8) is 0 Å². The van der Waals surface area contributed by atoms with Gasteiger partial charge in [-0.25, -0.2) is 4.98 Å². The third-order valence-corrected chi connectivity index (χ3v) is 3.60. The van der Waals surface area contributed by atoms with E-state index >= 15 is 0 Å². The maximum Gasteiger partial charge on any atom is 0.0945 e. The molecule has 0 bridgehead atoms. The summed E-state index contributed by atoms with van der Waals surface area (Å²) in [6.07, 6.45) is 10.7.